The summed E-state index contributed by atoms with van der Waals surface area (Å²) < 4.78 is 5.72. The van der Waals surface area contributed by atoms with E-state index < -0.39 is 0 Å². The van der Waals surface area contributed by atoms with Gasteiger partial charge in [0, 0.05) is 38.5 Å². The number of hydrogen-bond donors (Lipinski definition) is 2. The second-order valence-corrected chi connectivity index (χ2v) is 6.57. The third kappa shape index (κ3) is 5.20. The van der Waals surface area contributed by atoms with E-state index in [1.165, 1.54) is 0 Å². The summed E-state index contributed by atoms with van der Waals surface area (Å²) in [6, 6.07) is 13.5. The van der Waals surface area contributed by atoms with E-state index in [4.69, 9.17) is 4.74 Å². The Kier molecular flexibility index (Phi) is 6.44. The molecule has 138 valence electrons. The number of likely N-dealkylation sites (tertiary alicyclic amines) is 1. The molecule has 26 heavy (non-hydrogen) atoms. The SMILES string of the molecule is O=C(NCc1ccnc(OCc2ccccc2)c1)N1CCCC(CO)C1. The minimum Gasteiger partial charge on any atom is -0.473 e. The normalized spacial score (nSPS) is 17.0. The number of piperidine rings is 1. The number of aliphatic hydroxyl groups is 1. The quantitative estimate of drug-likeness (QED) is 0.835. The van der Waals surface area contributed by atoms with Crippen LogP contribution in [-0.4, -0.2) is 40.7 Å². The molecule has 2 N–H and O–H groups in total. The number of aromatic nitrogens is 1. The average molecular weight is 355 g/mol. The van der Waals surface area contributed by atoms with Crippen LogP contribution < -0.4 is 10.1 Å². The van der Waals surface area contributed by atoms with Crippen molar-refractivity contribution in [3.05, 3.63) is 59.8 Å². The average Bonchev–Trinajstić information content (AvgIpc) is 2.71. The molecule has 0 aliphatic carbocycles. The monoisotopic (exact) mass is 355 g/mol. The molecule has 6 nitrogen and oxygen atoms in total. The Bertz CT molecular complexity index is 708. The number of ether oxygens (including phenoxy) is 1. The van der Waals surface area contributed by atoms with Gasteiger partial charge in [-0.1, -0.05) is 30.3 Å². The van der Waals surface area contributed by atoms with Gasteiger partial charge in [-0.3, -0.25) is 0 Å². The number of amides is 2. The second-order valence-electron chi connectivity index (χ2n) is 6.57. The number of nitrogens with one attached hydrogen (secondary N) is 1. The topological polar surface area (TPSA) is 74.7 Å². The van der Waals surface area contributed by atoms with Crippen LogP contribution in [0, 0.1) is 5.92 Å². The standard InChI is InChI=1S/C20H25N3O3/c24-14-18-7-4-10-23(13-18)20(25)22-12-17-8-9-21-19(11-17)26-15-16-5-2-1-3-6-16/h1-3,5-6,8-9,11,18,24H,4,7,10,12-15H2,(H,22,25). The number of pyridine rings is 1. The lowest BCUT2D eigenvalue weighted by molar-refractivity contribution is 0.129. The number of hydrogen-bond acceptors (Lipinski definition) is 4. The number of carbonyl (C=O) groups excluding carboxylic acids is 1. The minimum atomic E-state index is -0.0910. The number of nitrogens with zero attached hydrogens (tertiary/aromatic N) is 2. The van der Waals surface area contributed by atoms with Gasteiger partial charge in [-0.15, -0.1) is 0 Å². The number of benzene rings is 1. The van der Waals surface area contributed by atoms with Crippen molar-refractivity contribution >= 4 is 6.03 Å². The van der Waals surface area contributed by atoms with Crippen LogP contribution in [-0.2, 0) is 13.2 Å². The maximum atomic E-state index is 12.3. The van der Waals surface area contributed by atoms with Crippen molar-refractivity contribution < 1.29 is 14.6 Å². The summed E-state index contributed by atoms with van der Waals surface area (Å²) in [5, 5.41) is 12.2. The molecule has 1 unspecified atom stereocenters. The Balaban J connectivity index is 1.49. The minimum absolute atomic E-state index is 0.0910. The van der Waals surface area contributed by atoms with E-state index >= 15 is 0 Å². The van der Waals surface area contributed by atoms with Gasteiger partial charge in [-0.2, -0.15) is 0 Å². The maximum absolute atomic E-state index is 12.3. The first-order valence-corrected chi connectivity index (χ1v) is 9.00. The molecule has 1 aromatic carbocycles. The molecule has 1 aromatic heterocycles. The molecular weight excluding hydrogens is 330 g/mol. The van der Waals surface area contributed by atoms with E-state index in [1.54, 1.807) is 11.1 Å². The summed E-state index contributed by atoms with van der Waals surface area (Å²) in [5.41, 5.74) is 2.02. The van der Waals surface area contributed by atoms with Crippen LogP contribution in [0.3, 0.4) is 0 Å². The molecule has 1 atom stereocenters. The summed E-state index contributed by atoms with van der Waals surface area (Å²) >= 11 is 0. The Morgan fingerprint density at radius 2 is 2.12 bits per heavy atom. The summed E-state index contributed by atoms with van der Waals surface area (Å²) in [6.45, 7) is 2.37. The first kappa shape index (κ1) is 18.2. The lowest BCUT2D eigenvalue weighted by Gasteiger charge is -2.31. The van der Waals surface area contributed by atoms with E-state index in [0.29, 0.717) is 25.6 Å². The third-order valence-corrected chi connectivity index (χ3v) is 4.54. The number of rotatable bonds is 6. The molecule has 1 aliphatic rings. The fraction of sp³-hybridized carbons (Fsp3) is 0.400. The van der Waals surface area contributed by atoms with Gasteiger partial charge in [-0.05, 0) is 36.0 Å². The highest BCUT2D eigenvalue weighted by Gasteiger charge is 2.22. The van der Waals surface area contributed by atoms with E-state index in [0.717, 1.165) is 30.5 Å². The fourth-order valence-electron chi connectivity index (χ4n) is 3.06. The van der Waals surface area contributed by atoms with Crippen LogP contribution in [0.2, 0.25) is 0 Å². The van der Waals surface area contributed by atoms with Crippen molar-refractivity contribution in [1.29, 1.82) is 0 Å². The van der Waals surface area contributed by atoms with Gasteiger partial charge in [0.2, 0.25) is 5.88 Å². The predicted octanol–water partition coefficient (Wildman–Crippen LogP) is 2.57. The number of aliphatic hydroxyl groups excluding tert-OH is 1. The molecule has 0 radical (unpaired) electrons. The Morgan fingerprint density at radius 1 is 1.27 bits per heavy atom. The molecule has 2 amide bonds. The zero-order valence-electron chi connectivity index (χ0n) is 14.8. The van der Waals surface area contributed by atoms with Crippen LogP contribution in [0.25, 0.3) is 0 Å². The summed E-state index contributed by atoms with van der Waals surface area (Å²) in [5.74, 6) is 0.729. The van der Waals surface area contributed by atoms with Crippen LogP contribution in [0.4, 0.5) is 4.79 Å². The summed E-state index contributed by atoms with van der Waals surface area (Å²) in [6.07, 6.45) is 3.60. The van der Waals surface area contributed by atoms with Crippen molar-refractivity contribution in [3.8, 4) is 5.88 Å². The lowest BCUT2D eigenvalue weighted by Crippen LogP contribution is -2.45. The molecule has 2 heterocycles. The molecule has 2 aromatic rings. The first-order chi connectivity index (χ1) is 12.7. The molecule has 1 fully saturated rings. The van der Waals surface area contributed by atoms with Crippen molar-refractivity contribution in [2.45, 2.75) is 26.0 Å². The molecule has 1 saturated heterocycles. The number of carbonyl (C=O) groups is 1. The fourth-order valence-corrected chi connectivity index (χ4v) is 3.06. The van der Waals surface area contributed by atoms with Gasteiger partial charge in [0.15, 0.2) is 0 Å². The molecule has 1 aliphatic heterocycles. The van der Waals surface area contributed by atoms with Crippen molar-refractivity contribution in [1.82, 2.24) is 15.2 Å². The van der Waals surface area contributed by atoms with Crippen LogP contribution in [0.5, 0.6) is 5.88 Å². The van der Waals surface area contributed by atoms with Crippen LogP contribution >= 0.6 is 0 Å². The van der Waals surface area contributed by atoms with E-state index in [1.807, 2.05) is 42.5 Å². The second kappa shape index (κ2) is 9.20. The van der Waals surface area contributed by atoms with Gasteiger partial charge in [0.05, 0.1) is 0 Å². The molecule has 0 spiro atoms. The van der Waals surface area contributed by atoms with Crippen molar-refractivity contribution in [2.75, 3.05) is 19.7 Å². The smallest absolute Gasteiger partial charge is 0.317 e. The lowest BCUT2D eigenvalue weighted by atomic mass is 9.99. The molecule has 6 heteroatoms. The largest absolute Gasteiger partial charge is 0.473 e. The van der Waals surface area contributed by atoms with Gasteiger partial charge in [0.1, 0.15) is 6.61 Å². The van der Waals surface area contributed by atoms with E-state index in [-0.39, 0.29) is 18.6 Å². The van der Waals surface area contributed by atoms with Gasteiger partial charge >= 0.3 is 6.03 Å². The van der Waals surface area contributed by atoms with Crippen molar-refractivity contribution in [2.24, 2.45) is 5.92 Å². The van der Waals surface area contributed by atoms with Crippen LogP contribution in [0.15, 0.2) is 48.7 Å². The Labute approximate surface area is 153 Å². The highest BCUT2D eigenvalue weighted by molar-refractivity contribution is 5.74. The highest BCUT2D eigenvalue weighted by Crippen LogP contribution is 2.16. The van der Waals surface area contributed by atoms with Gasteiger partial charge in [-0.25, -0.2) is 9.78 Å². The van der Waals surface area contributed by atoms with Crippen molar-refractivity contribution in [3.63, 3.8) is 0 Å². The molecule has 0 bridgehead atoms. The zero-order valence-corrected chi connectivity index (χ0v) is 14.8. The molecule has 3 rings (SSSR count). The molecular formula is C20H25N3O3. The maximum Gasteiger partial charge on any atom is 0.317 e. The predicted molar refractivity (Wildman–Crippen MR) is 98.6 cm³/mol. The number of urea groups is 1. The van der Waals surface area contributed by atoms with Crippen LogP contribution in [0.1, 0.15) is 24.0 Å². The molecule has 0 saturated carbocycles. The van der Waals surface area contributed by atoms with Gasteiger partial charge in [0.25, 0.3) is 0 Å². The first-order valence-electron chi connectivity index (χ1n) is 9.00. The van der Waals surface area contributed by atoms with Gasteiger partial charge < -0.3 is 20.1 Å². The van der Waals surface area contributed by atoms with E-state index in [2.05, 4.69) is 10.3 Å². The Hall–Kier alpha value is -2.60. The zero-order chi connectivity index (χ0) is 18.2. The third-order valence-electron chi connectivity index (χ3n) is 4.54. The summed E-state index contributed by atoms with van der Waals surface area (Å²) in [4.78, 5) is 18.3. The Morgan fingerprint density at radius 3 is 2.92 bits per heavy atom. The highest BCUT2D eigenvalue weighted by atomic mass is 16.5. The van der Waals surface area contributed by atoms with E-state index in [9.17, 15) is 9.90 Å². The summed E-state index contributed by atoms with van der Waals surface area (Å²) in [7, 11) is 0.